The molecule has 1 saturated heterocycles. The van der Waals surface area contributed by atoms with E-state index < -0.39 is 17.9 Å². The standard InChI is InChI=1S/C14H17NO4/c1-14(15-13(16)17)9-18-12(19-10-14)8-7-11-5-3-2-4-6-11/h2-8,12,15H,9-10H2,1H3,(H,16,17). The van der Waals surface area contributed by atoms with E-state index in [1.165, 1.54) is 0 Å². The van der Waals surface area contributed by atoms with Crippen molar-refractivity contribution in [1.82, 2.24) is 5.32 Å². The quantitative estimate of drug-likeness (QED) is 0.876. The van der Waals surface area contributed by atoms with Crippen LogP contribution in [0.3, 0.4) is 0 Å². The first-order valence-electron chi connectivity index (χ1n) is 6.05. The van der Waals surface area contributed by atoms with Crippen molar-refractivity contribution in [3.63, 3.8) is 0 Å². The van der Waals surface area contributed by atoms with E-state index in [9.17, 15) is 4.79 Å². The Kier molecular flexibility index (Phi) is 4.19. The highest BCUT2D eigenvalue weighted by Crippen LogP contribution is 2.17. The normalized spacial score (nSPS) is 27.3. The topological polar surface area (TPSA) is 67.8 Å². The highest BCUT2D eigenvalue weighted by molar-refractivity contribution is 5.65. The first-order chi connectivity index (χ1) is 9.07. The SMILES string of the molecule is CC1(NC(=O)O)COC(C=Cc2ccccc2)OC1. The highest BCUT2D eigenvalue weighted by atomic mass is 16.7. The number of rotatable bonds is 3. The number of benzene rings is 1. The Hall–Kier alpha value is -1.85. The van der Waals surface area contributed by atoms with Crippen molar-refractivity contribution in [3.05, 3.63) is 42.0 Å². The zero-order chi connectivity index (χ0) is 13.7. The third kappa shape index (κ3) is 4.08. The van der Waals surface area contributed by atoms with Crippen molar-refractivity contribution in [2.24, 2.45) is 0 Å². The van der Waals surface area contributed by atoms with Gasteiger partial charge in [-0.2, -0.15) is 0 Å². The van der Waals surface area contributed by atoms with Crippen molar-refractivity contribution in [2.45, 2.75) is 18.8 Å². The molecule has 0 unspecified atom stereocenters. The third-order valence-corrected chi connectivity index (χ3v) is 2.79. The minimum atomic E-state index is -1.08. The summed E-state index contributed by atoms with van der Waals surface area (Å²) in [6.45, 7) is 2.31. The third-order valence-electron chi connectivity index (χ3n) is 2.79. The average Bonchev–Trinajstić information content (AvgIpc) is 2.38. The highest BCUT2D eigenvalue weighted by Gasteiger charge is 2.33. The molecule has 0 saturated carbocycles. The monoisotopic (exact) mass is 263 g/mol. The molecule has 0 atom stereocenters. The second kappa shape index (κ2) is 5.86. The molecule has 1 aromatic rings. The van der Waals surface area contributed by atoms with E-state index in [0.29, 0.717) is 0 Å². The Bertz CT molecular complexity index is 450. The van der Waals surface area contributed by atoms with Gasteiger partial charge in [0, 0.05) is 0 Å². The maximum atomic E-state index is 10.6. The van der Waals surface area contributed by atoms with Gasteiger partial charge in [-0.3, -0.25) is 0 Å². The minimum Gasteiger partial charge on any atom is -0.465 e. The summed E-state index contributed by atoms with van der Waals surface area (Å²) >= 11 is 0. The van der Waals surface area contributed by atoms with Crippen molar-refractivity contribution < 1.29 is 19.4 Å². The molecule has 2 rings (SSSR count). The lowest BCUT2D eigenvalue weighted by Crippen LogP contribution is -2.56. The summed E-state index contributed by atoms with van der Waals surface area (Å²) in [5.41, 5.74) is 0.370. The van der Waals surface area contributed by atoms with Crippen LogP contribution in [0.5, 0.6) is 0 Å². The zero-order valence-electron chi connectivity index (χ0n) is 10.7. The van der Waals surface area contributed by atoms with Gasteiger partial charge in [0.1, 0.15) is 0 Å². The van der Waals surface area contributed by atoms with Gasteiger partial charge in [0.15, 0.2) is 6.29 Å². The summed E-state index contributed by atoms with van der Waals surface area (Å²) < 4.78 is 11.0. The van der Waals surface area contributed by atoms with Crippen LogP contribution in [-0.2, 0) is 9.47 Å². The Labute approximate surface area is 111 Å². The van der Waals surface area contributed by atoms with Crippen molar-refractivity contribution >= 4 is 12.2 Å². The molecule has 1 amide bonds. The van der Waals surface area contributed by atoms with E-state index in [0.717, 1.165) is 5.56 Å². The average molecular weight is 263 g/mol. The molecule has 0 aromatic heterocycles. The van der Waals surface area contributed by atoms with Gasteiger partial charge in [0.25, 0.3) is 0 Å². The number of amides is 1. The Balaban J connectivity index is 1.87. The van der Waals surface area contributed by atoms with Crippen LogP contribution in [0.4, 0.5) is 4.79 Å². The molecular weight excluding hydrogens is 246 g/mol. The van der Waals surface area contributed by atoms with E-state index in [-0.39, 0.29) is 13.2 Å². The van der Waals surface area contributed by atoms with Crippen molar-refractivity contribution in [3.8, 4) is 0 Å². The van der Waals surface area contributed by atoms with Crippen LogP contribution >= 0.6 is 0 Å². The van der Waals surface area contributed by atoms with E-state index in [1.807, 2.05) is 42.5 Å². The summed E-state index contributed by atoms with van der Waals surface area (Å²) in [5, 5.41) is 11.1. The molecule has 0 aliphatic carbocycles. The first kappa shape index (κ1) is 13.6. The molecule has 1 aliphatic heterocycles. The lowest BCUT2D eigenvalue weighted by Gasteiger charge is -2.36. The number of carbonyl (C=O) groups is 1. The predicted molar refractivity (Wildman–Crippen MR) is 70.7 cm³/mol. The molecule has 2 N–H and O–H groups in total. The van der Waals surface area contributed by atoms with E-state index in [4.69, 9.17) is 14.6 Å². The summed E-state index contributed by atoms with van der Waals surface area (Å²) in [6, 6.07) is 9.82. The molecular formula is C14H17NO4. The van der Waals surface area contributed by atoms with Gasteiger partial charge in [-0.05, 0) is 18.6 Å². The molecule has 1 heterocycles. The Morgan fingerprint density at radius 1 is 1.37 bits per heavy atom. The van der Waals surface area contributed by atoms with Gasteiger partial charge in [0.2, 0.25) is 0 Å². The van der Waals surface area contributed by atoms with Gasteiger partial charge >= 0.3 is 6.09 Å². The number of ether oxygens (including phenoxy) is 2. The zero-order valence-corrected chi connectivity index (χ0v) is 10.7. The molecule has 1 aromatic carbocycles. The lowest BCUT2D eigenvalue weighted by molar-refractivity contribution is -0.182. The smallest absolute Gasteiger partial charge is 0.405 e. The van der Waals surface area contributed by atoms with Crippen LogP contribution in [0, 0.1) is 0 Å². The fraction of sp³-hybridized carbons (Fsp3) is 0.357. The Morgan fingerprint density at radius 3 is 2.58 bits per heavy atom. The number of nitrogens with one attached hydrogen (secondary N) is 1. The second-order valence-electron chi connectivity index (χ2n) is 4.75. The van der Waals surface area contributed by atoms with Crippen LogP contribution in [0.15, 0.2) is 36.4 Å². The second-order valence-corrected chi connectivity index (χ2v) is 4.75. The van der Waals surface area contributed by atoms with Gasteiger partial charge in [-0.15, -0.1) is 0 Å². The maximum absolute atomic E-state index is 10.6. The lowest BCUT2D eigenvalue weighted by atomic mass is 10.1. The molecule has 102 valence electrons. The summed E-state index contributed by atoms with van der Waals surface area (Å²) in [4.78, 5) is 10.6. The predicted octanol–water partition coefficient (Wildman–Crippen LogP) is 2.10. The fourth-order valence-corrected chi connectivity index (χ4v) is 1.82. The largest absolute Gasteiger partial charge is 0.465 e. The van der Waals surface area contributed by atoms with Crippen LogP contribution < -0.4 is 5.32 Å². The van der Waals surface area contributed by atoms with Crippen molar-refractivity contribution in [1.29, 1.82) is 0 Å². The minimum absolute atomic E-state index is 0.281. The van der Waals surface area contributed by atoms with Crippen LogP contribution in [0.25, 0.3) is 6.08 Å². The number of carboxylic acid groups (broad SMARTS) is 1. The number of hydrogen-bond donors (Lipinski definition) is 2. The number of hydrogen-bond acceptors (Lipinski definition) is 3. The molecule has 5 nitrogen and oxygen atoms in total. The summed E-state index contributed by atoms with van der Waals surface area (Å²) in [5.74, 6) is 0. The van der Waals surface area contributed by atoms with E-state index in [2.05, 4.69) is 5.32 Å². The van der Waals surface area contributed by atoms with Gasteiger partial charge < -0.3 is 19.9 Å². The van der Waals surface area contributed by atoms with Crippen LogP contribution in [0.1, 0.15) is 12.5 Å². The Morgan fingerprint density at radius 2 is 2.00 bits per heavy atom. The molecule has 0 radical (unpaired) electrons. The van der Waals surface area contributed by atoms with Gasteiger partial charge in [-0.1, -0.05) is 36.4 Å². The first-order valence-corrected chi connectivity index (χ1v) is 6.05. The van der Waals surface area contributed by atoms with E-state index >= 15 is 0 Å². The summed E-state index contributed by atoms with van der Waals surface area (Å²) in [6.07, 6.45) is 2.21. The fourth-order valence-electron chi connectivity index (χ4n) is 1.82. The summed E-state index contributed by atoms with van der Waals surface area (Å²) in [7, 11) is 0. The molecule has 1 aliphatic rings. The van der Waals surface area contributed by atoms with Gasteiger partial charge in [-0.25, -0.2) is 4.79 Å². The molecule has 1 fully saturated rings. The van der Waals surface area contributed by atoms with Gasteiger partial charge in [0.05, 0.1) is 18.8 Å². The van der Waals surface area contributed by atoms with Crippen molar-refractivity contribution in [2.75, 3.05) is 13.2 Å². The molecule has 5 heteroatoms. The van der Waals surface area contributed by atoms with Crippen LogP contribution in [-0.4, -0.2) is 36.2 Å². The van der Waals surface area contributed by atoms with E-state index in [1.54, 1.807) is 6.92 Å². The van der Waals surface area contributed by atoms with Crippen LogP contribution in [0.2, 0.25) is 0 Å². The molecule has 19 heavy (non-hydrogen) atoms. The maximum Gasteiger partial charge on any atom is 0.405 e. The molecule has 0 spiro atoms. The molecule has 0 bridgehead atoms.